The molecule has 1 nitrogen and oxygen atoms in total. The molecule has 0 aliphatic carbocycles. The quantitative estimate of drug-likeness (QED) is 0.653. The summed E-state index contributed by atoms with van der Waals surface area (Å²) in [5.74, 6) is 0. The predicted molar refractivity (Wildman–Crippen MR) is 84.0 cm³/mol. The van der Waals surface area contributed by atoms with Gasteiger partial charge in [-0.05, 0) is 28.8 Å². The van der Waals surface area contributed by atoms with Gasteiger partial charge in [0.25, 0.3) is 0 Å². The molecular weight excluding hydrogens is 244 g/mol. The molecule has 1 unspecified atom stereocenters. The molecule has 0 heterocycles. The van der Waals surface area contributed by atoms with Gasteiger partial charge in [0.05, 0.1) is 0 Å². The Morgan fingerprint density at radius 2 is 1.50 bits per heavy atom. The topological polar surface area (TPSA) is 9.23 Å². The number of hydrogen-bond donors (Lipinski definition) is 0. The average Bonchev–Trinajstić information content (AvgIpc) is 2.50. The highest BCUT2D eigenvalue weighted by molar-refractivity contribution is 5.86. The Morgan fingerprint density at radius 3 is 2.25 bits per heavy atom. The lowest BCUT2D eigenvalue weighted by molar-refractivity contribution is 0.137. The first kappa shape index (κ1) is 12.9. The Morgan fingerprint density at radius 1 is 0.800 bits per heavy atom. The second-order valence-corrected chi connectivity index (χ2v) is 5.09. The summed E-state index contributed by atoms with van der Waals surface area (Å²) in [5, 5.41) is 2.50. The van der Waals surface area contributed by atoms with Crippen LogP contribution in [-0.4, -0.2) is 7.11 Å². The SMILES string of the molecule is COC(c1ccc(C)cc1)c1cccc2ccccc12. The summed E-state index contributed by atoms with van der Waals surface area (Å²) in [6.07, 6.45) is -0.0262. The van der Waals surface area contributed by atoms with E-state index in [2.05, 4.69) is 73.7 Å². The van der Waals surface area contributed by atoms with Crippen LogP contribution in [0.2, 0.25) is 0 Å². The molecule has 20 heavy (non-hydrogen) atoms. The Balaban J connectivity index is 2.14. The van der Waals surface area contributed by atoms with Gasteiger partial charge in [0, 0.05) is 7.11 Å². The van der Waals surface area contributed by atoms with E-state index in [1.54, 1.807) is 7.11 Å². The van der Waals surface area contributed by atoms with E-state index in [0.29, 0.717) is 0 Å². The molecule has 0 saturated carbocycles. The number of fused-ring (bicyclic) bond motifs is 1. The van der Waals surface area contributed by atoms with E-state index in [-0.39, 0.29) is 6.10 Å². The number of rotatable bonds is 3. The maximum absolute atomic E-state index is 5.77. The van der Waals surface area contributed by atoms with E-state index < -0.39 is 0 Å². The zero-order valence-corrected chi connectivity index (χ0v) is 11.8. The monoisotopic (exact) mass is 262 g/mol. The van der Waals surface area contributed by atoms with E-state index in [1.165, 1.54) is 27.5 Å². The van der Waals surface area contributed by atoms with Crippen molar-refractivity contribution in [1.29, 1.82) is 0 Å². The zero-order chi connectivity index (χ0) is 13.9. The lowest BCUT2D eigenvalue weighted by Crippen LogP contribution is -2.04. The number of methoxy groups -OCH3 is 1. The number of hydrogen-bond acceptors (Lipinski definition) is 1. The van der Waals surface area contributed by atoms with Crippen LogP contribution in [0.4, 0.5) is 0 Å². The maximum atomic E-state index is 5.77. The second kappa shape index (κ2) is 5.48. The van der Waals surface area contributed by atoms with Crippen LogP contribution in [0.3, 0.4) is 0 Å². The summed E-state index contributed by atoms with van der Waals surface area (Å²) < 4.78 is 5.77. The van der Waals surface area contributed by atoms with E-state index >= 15 is 0 Å². The van der Waals surface area contributed by atoms with Gasteiger partial charge < -0.3 is 4.74 Å². The van der Waals surface area contributed by atoms with Crippen molar-refractivity contribution in [2.75, 3.05) is 7.11 Å². The van der Waals surface area contributed by atoms with Crippen molar-refractivity contribution in [1.82, 2.24) is 0 Å². The minimum Gasteiger partial charge on any atom is -0.372 e. The minimum absolute atomic E-state index is 0.0262. The molecule has 0 saturated heterocycles. The van der Waals surface area contributed by atoms with Crippen molar-refractivity contribution in [2.24, 2.45) is 0 Å². The highest BCUT2D eigenvalue weighted by Gasteiger charge is 2.15. The third-order valence-corrected chi connectivity index (χ3v) is 3.72. The van der Waals surface area contributed by atoms with Crippen LogP contribution in [0, 0.1) is 6.92 Å². The highest BCUT2D eigenvalue weighted by atomic mass is 16.5. The molecule has 0 bridgehead atoms. The highest BCUT2D eigenvalue weighted by Crippen LogP contribution is 2.31. The summed E-state index contributed by atoms with van der Waals surface area (Å²) in [7, 11) is 1.77. The fourth-order valence-electron chi connectivity index (χ4n) is 2.66. The van der Waals surface area contributed by atoms with Crippen LogP contribution in [0.15, 0.2) is 66.7 Å². The van der Waals surface area contributed by atoms with Crippen LogP contribution in [-0.2, 0) is 4.74 Å². The Hall–Kier alpha value is -2.12. The van der Waals surface area contributed by atoms with Crippen molar-refractivity contribution < 1.29 is 4.74 Å². The van der Waals surface area contributed by atoms with Gasteiger partial charge in [-0.15, -0.1) is 0 Å². The molecule has 3 aromatic carbocycles. The summed E-state index contributed by atoms with van der Waals surface area (Å²) in [6.45, 7) is 2.10. The molecule has 0 aliphatic rings. The van der Waals surface area contributed by atoms with Gasteiger partial charge in [-0.25, -0.2) is 0 Å². The van der Waals surface area contributed by atoms with Crippen LogP contribution in [0.1, 0.15) is 22.8 Å². The molecule has 0 spiro atoms. The normalized spacial score (nSPS) is 12.5. The second-order valence-electron chi connectivity index (χ2n) is 5.09. The van der Waals surface area contributed by atoms with E-state index in [4.69, 9.17) is 4.74 Å². The molecule has 0 fully saturated rings. The van der Waals surface area contributed by atoms with Gasteiger partial charge in [-0.2, -0.15) is 0 Å². The summed E-state index contributed by atoms with van der Waals surface area (Å²) in [6, 6.07) is 23.4. The number of ether oxygens (including phenoxy) is 1. The molecule has 1 atom stereocenters. The molecule has 1 heteroatoms. The van der Waals surface area contributed by atoms with Crippen LogP contribution in [0.25, 0.3) is 10.8 Å². The Kier molecular flexibility index (Phi) is 3.53. The van der Waals surface area contributed by atoms with E-state index in [1.807, 2.05) is 0 Å². The van der Waals surface area contributed by atoms with Gasteiger partial charge in [-0.3, -0.25) is 0 Å². The third-order valence-electron chi connectivity index (χ3n) is 3.72. The first-order valence-corrected chi connectivity index (χ1v) is 6.86. The summed E-state index contributed by atoms with van der Waals surface area (Å²) in [5.41, 5.74) is 3.67. The smallest absolute Gasteiger partial charge is 0.108 e. The van der Waals surface area contributed by atoms with E-state index in [0.717, 1.165) is 0 Å². The molecule has 3 aromatic rings. The van der Waals surface area contributed by atoms with E-state index in [9.17, 15) is 0 Å². The first-order valence-electron chi connectivity index (χ1n) is 6.86. The standard InChI is InChI=1S/C19H18O/c1-14-10-12-16(13-11-14)19(20-2)18-9-5-7-15-6-3-4-8-17(15)18/h3-13,19H,1-2H3. The lowest BCUT2D eigenvalue weighted by Gasteiger charge is -2.18. The fraction of sp³-hybridized carbons (Fsp3) is 0.158. The van der Waals surface area contributed by atoms with Crippen molar-refractivity contribution in [2.45, 2.75) is 13.0 Å². The summed E-state index contributed by atoms with van der Waals surface area (Å²) >= 11 is 0. The largest absolute Gasteiger partial charge is 0.372 e. The predicted octanol–water partition coefficient (Wildman–Crippen LogP) is 4.88. The lowest BCUT2D eigenvalue weighted by atomic mass is 9.95. The van der Waals surface area contributed by atoms with Crippen molar-refractivity contribution in [3.05, 3.63) is 83.4 Å². The number of aryl methyl sites for hydroxylation is 1. The van der Waals surface area contributed by atoms with Crippen LogP contribution < -0.4 is 0 Å². The van der Waals surface area contributed by atoms with Gasteiger partial charge in [0.2, 0.25) is 0 Å². The minimum atomic E-state index is -0.0262. The van der Waals surface area contributed by atoms with Gasteiger partial charge in [0.1, 0.15) is 6.10 Å². The maximum Gasteiger partial charge on any atom is 0.108 e. The van der Waals surface area contributed by atoms with Crippen molar-refractivity contribution in [3.8, 4) is 0 Å². The molecule has 0 radical (unpaired) electrons. The van der Waals surface area contributed by atoms with Crippen molar-refractivity contribution >= 4 is 10.8 Å². The molecule has 3 rings (SSSR count). The molecule has 100 valence electrons. The van der Waals surface area contributed by atoms with Gasteiger partial charge >= 0.3 is 0 Å². The molecule has 0 amide bonds. The van der Waals surface area contributed by atoms with Gasteiger partial charge in [0.15, 0.2) is 0 Å². The molecule has 0 N–H and O–H groups in total. The fourth-order valence-corrected chi connectivity index (χ4v) is 2.66. The molecule has 0 aliphatic heterocycles. The Bertz CT molecular complexity index is 708. The van der Waals surface area contributed by atoms with Crippen LogP contribution in [0.5, 0.6) is 0 Å². The number of benzene rings is 3. The Labute approximate surface area is 119 Å². The van der Waals surface area contributed by atoms with Crippen LogP contribution >= 0.6 is 0 Å². The first-order chi connectivity index (χ1) is 9.79. The zero-order valence-electron chi connectivity index (χ0n) is 11.8. The van der Waals surface area contributed by atoms with Crippen molar-refractivity contribution in [3.63, 3.8) is 0 Å². The van der Waals surface area contributed by atoms with Gasteiger partial charge in [-0.1, -0.05) is 72.3 Å². The average molecular weight is 262 g/mol. The third kappa shape index (κ3) is 2.33. The molecular formula is C19H18O. The summed E-state index contributed by atoms with van der Waals surface area (Å²) in [4.78, 5) is 0. The molecule has 0 aromatic heterocycles.